The number of nitrogens with zero attached hydrogens (tertiary/aromatic N) is 2. The number of carbonyl (C=O) groups is 2. The summed E-state index contributed by atoms with van der Waals surface area (Å²) in [4.78, 5) is 30.7. The zero-order valence-electron chi connectivity index (χ0n) is 19.5. The smallest absolute Gasteiger partial charge is 0.407 e. The minimum absolute atomic E-state index is 0.375. The van der Waals surface area contributed by atoms with Crippen molar-refractivity contribution in [3.63, 3.8) is 0 Å². The van der Waals surface area contributed by atoms with E-state index in [1.54, 1.807) is 6.07 Å². The van der Waals surface area contributed by atoms with E-state index in [-0.39, 0.29) is 5.54 Å². The number of hydrogen-bond donors (Lipinski definition) is 3. The molecule has 176 valence electrons. The summed E-state index contributed by atoms with van der Waals surface area (Å²) in [6.45, 7) is 8.30. The van der Waals surface area contributed by atoms with Gasteiger partial charge in [0, 0.05) is 34.2 Å². The van der Waals surface area contributed by atoms with E-state index in [9.17, 15) is 14.7 Å². The van der Waals surface area contributed by atoms with Crippen LogP contribution in [-0.2, 0) is 12.8 Å². The largest absolute Gasteiger partial charge is 0.465 e. The second-order valence-electron chi connectivity index (χ2n) is 9.97. The lowest BCUT2D eigenvalue weighted by Crippen LogP contribution is -2.45. The van der Waals surface area contributed by atoms with Crippen molar-refractivity contribution in [3.8, 4) is 0 Å². The first-order valence-electron chi connectivity index (χ1n) is 11.3. The van der Waals surface area contributed by atoms with Gasteiger partial charge in [-0.05, 0) is 90.1 Å². The maximum atomic E-state index is 11.9. The second kappa shape index (κ2) is 9.83. The molecule has 1 atom stereocenters. The van der Waals surface area contributed by atoms with Crippen LogP contribution in [0.2, 0.25) is 0 Å². The van der Waals surface area contributed by atoms with Gasteiger partial charge in [0.25, 0.3) is 5.91 Å². The van der Waals surface area contributed by atoms with Crippen LogP contribution in [-0.4, -0.2) is 64.1 Å². The third kappa shape index (κ3) is 5.46. The number of carboxylic acid groups (broad SMARTS) is 1. The average Bonchev–Trinajstić information content (AvgIpc) is 3.05. The van der Waals surface area contributed by atoms with Gasteiger partial charge in [-0.15, -0.1) is 0 Å². The molecule has 32 heavy (non-hydrogen) atoms. The number of unbranched alkanes of at least 4 members (excludes halogenated alkanes) is 1. The molecular formula is C24H35BrN4O3. The molecule has 0 fully saturated rings. The highest BCUT2D eigenvalue weighted by molar-refractivity contribution is 9.10. The van der Waals surface area contributed by atoms with E-state index in [0.717, 1.165) is 60.6 Å². The monoisotopic (exact) mass is 506 g/mol. The predicted molar refractivity (Wildman–Crippen MR) is 131 cm³/mol. The molecule has 4 N–H and O–H groups in total. The number of aromatic amines is 1. The minimum Gasteiger partial charge on any atom is -0.465 e. The highest BCUT2D eigenvalue weighted by atomic mass is 79.9. The van der Waals surface area contributed by atoms with E-state index in [2.05, 4.69) is 32.9 Å². The van der Waals surface area contributed by atoms with E-state index < -0.39 is 12.0 Å². The molecule has 1 aromatic carbocycles. The molecule has 1 unspecified atom stereocenters. The Labute approximate surface area is 198 Å². The fraction of sp³-hybridized carbons (Fsp3) is 0.583. The van der Waals surface area contributed by atoms with E-state index >= 15 is 0 Å². The molecule has 1 aromatic heterocycles. The van der Waals surface area contributed by atoms with Crippen molar-refractivity contribution in [2.24, 2.45) is 11.7 Å². The standard InChI is InChI=1S/C24H35BrN4O3/c1-24(2,3)29(23(31)32)12-6-5-11-28(4)14-15-7-8-16-19(13-15)27-21-17(22(26)30)9-10-18(25)20(16)21/h9-10,15,27H,5-8,11-14H2,1-4H3,(H2,26,30)(H,31,32). The van der Waals surface area contributed by atoms with E-state index in [1.165, 1.54) is 16.2 Å². The number of hydrogen-bond acceptors (Lipinski definition) is 3. The Morgan fingerprint density at radius 2 is 1.94 bits per heavy atom. The molecule has 1 aliphatic carbocycles. The average molecular weight is 507 g/mol. The van der Waals surface area contributed by atoms with Crippen molar-refractivity contribution in [2.45, 2.75) is 58.4 Å². The molecule has 0 aliphatic heterocycles. The van der Waals surface area contributed by atoms with Crippen molar-refractivity contribution in [1.82, 2.24) is 14.8 Å². The Hall–Kier alpha value is -2.06. The molecule has 3 rings (SSSR count). The number of primary amides is 1. The van der Waals surface area contributed by atoms with Crippen molar-refractivity contribution >= 4 is 38.8 Å². The first kappa shape index (κ1) is 24.6. The van der Waals surface area contributed by atoms with Crippen LogP contribution in [0.5, 0.6) is 0 Å². The normalized spacial score (nSPS) is 16.4. The molecular weight excluding hydrogens is 472 g/mol. The first-order valence-corrected chi connectivity index (χ1v) is 12.1. The Morgan fingerprint density at radius 1 is 1.25 bits per heavy atom. The maximum Gasteiger partial charge on any atom is 0.407 e. The van der Waals surface area contributed by atoms with Crippen molar-refractivity contribution in [1.29, 1.82) is 0 Å². The van der Waals surface area contributed by atoms with Gasteiger partial charge in [0.1, 0.15) is 0 Å². The summed E-state index contributed by atoms with van der Waals surface area (Å²) in [5.41, 5.74) is 9.09. The maximum absolute atomic E-state index is 11.9. The summed E-state index contributed by atoms with van der Waals surface area (Å²) < 4.78 is 0.997. The minimum atomic E-state index is -0.853. The third-order valence-electron chi connectivity index (χ3n) is 6.44. The summed E-state index contributed by atoms with van der Waals surface area (Å²) >= 11 is 3.64. The Bertz CT molecular complexity index is 995. The number of aryl methyl sites for hydroxylation is 1. The van der Waals surface area contributed by atoms with Crippen LogP contribution < -0.4 is 5.73 Å². The van der Waals surface area contributed by atoms with Crippen LogP contribution in [0.4, 0.5) is 4.79 Å². The van der Waals surface area contributed by atoms with Gasteiger partial charge in [-0.3, -0.25) is 4.79 Å². The Kier molecular flexibility index (Phi) is 7.55. The number of benzene rings is 1. The van der Waals surface area contributed by atoms with Gasteiger partial charge in [0.15, 0.2) is 0 Å². The number of amides is 2. The van der Waals surface area contributed by atoms with Gasteiger partial charge in [-0.25, -0.2) is 4.79 Å². The van der Waals surface area contributed by atoms with Gasteiger partial charge in [-0.1, -0.05) is 15.9 Å². The number of H-pyrrole nitrogens is 1. The van der Waals surface area contributed by atoms with E-state index in [0.29, 0.717) is 18.0 Å². The zero-order valence-corrected chi connectivity index (χ0v) is 21.1. The third-order valence-corrected chi connectivity index (χ3v) is 7.10. The number of nitrogens with two attached hydrogens (primary N) is 1. The molecule has 0 radical (unpaired) electrons. The summed E-state index contributed by atoms with van der Waals surface area (Å²) in [6, 6.07) is 3.68. The van der Waals surface area contributed by atoms with Gasteiger partial charge in [-0.2, -0.15) is 0 Å². The topological polar surface area (TPSA) is 103 Å². The van der Waals surface area contributed by atoms with Crippen LogP contribution in [0.1, 0.15) is 61.6 Å². The highest BCUT2D eigenvalue weighted by Gasteiger charge is 2.27. The van der Waals surface area contributed by atoms with Gasteiger partial charge < -0.3 is 25.6 Å². The van der Waals surface area contributed by atoms with E-state index in [4.69, 9.17) is 5.73 Å². The molecule has 0 saturated heterocycles. The number of carbonyl (C=O) groups excluding carboxylic acids is 1. The highest BCUT2D eigenvalue weighted by Crippen LogP contribution is 2.37. The number of fused-ring (bicyclic) bond motifs is 3. The van der Waals surface area contributed by atoms with Crippen LogP contribution in [0, 0.1) is 5.92 Å². The van der Waals surface area contributed by atoms with Gasteiger partial charge >= 0.3 is 6.09 Å². The van der Waals surface area contributed by atoms with Crippen LogP contribution in [0.25, 0.3) is 10.9 Å². The summed E-state index contributed by atoms with van der Waals surface area (Å²) in [5, 5.41) is 10.5. The quantitative estimate of drug-likeness (QED) is 0.454. The van der Waals surface area contributed by atoms with Gasteiger partial charge in [0.05, 0.1) is 11.1 Å². The molecule has 0 saturated carbocycles. The van der Waals surface area contributed by atoms with Crippen molar-refractivity contribution in [2.75, 3.05) is 26.7 Å². The van der Waals surface area contributed by atoms with E-state index in [1.807, 2.05) is 26.8 Å². The fourth-order valence-electron chi connectivity index (χ4n) is 4.83. The number of halogens is 1. The van der Waals surface area contributed by atoms with Crippen molar-refractivity contribution in [3.05, 3.63) is 33.4 Å². The Balaban J connectivity index is 1.56. The molecule has 1 aliphatic rings. The number of nitrogens with one attached hydrogen (secondary N) is 1. The molecule has 2 amide bonds. The molecule has 7 nitrogen and oxygen atoms in total. The van der Waals surface area contributed by atoms with Crippen LogP contribution in [0.15, 0.2) is 16.6 Å². The van der Waals surface area contributed by atoms with Crippen LogP contribution >= 0.6 is 15.9 Å². The number of rotatable bonds is 8. The van der Waals surface area contributed by atoms with Crippen LogP contribution in [0.3, 0.4) is 0 Å². The Morgan fingerprint density at radius 3 is 2.56 bits per heavy atom. The molecule has 0 bridgehead atoms. The predicted octanol–water partition coefficient (Wildman–Crippen LogP) is 4.62. The lowest BCUT2D eigenvalue weighted by molar-refractivity contribution is 0.0979. The van der Waals surface area contributed by atoms with Crippen molar-refractivity contribution < 1.29 is 14.7 Å². The second-order valence-corrected chi connectivity index (χ2v) is 10.8. The molecule has 0 spiro atoms. The molecule has 1 heterocycles. The lowest BCUT2D eigenvalue weighted by Gasteiger charge is -2.33. The first-order chi connectivity index (χ1) is 15.0. The summed E-state index contributed by atoms with van der Waals surface area (Å²) in [5.74, 6) is 0.131. The fourth-order valence-corrected chi connectivity index (χ4v) is 5.40. The zero-order chi connectivity index (χ0) is 23.6. The molecule has 2 aromatic rings. The summed E-state index contributed by atoms with van der Waals surface area (Å²) in [7, 11) is 2.14. The lowest BCUT2D eigenvalue weighted by atomic mass is 9.86. The SMILES string of the molecule is CN(CCCCN(C(=O)O)C(C)(C)C)CC1CCc2c([nH]c3c(C(N)=O)ccc(Br)c23)C1. The number of aromatic nitrogens is 1. The molecule has 8 heteroatoms. The summed E-state index contributed by atoms with van der Waals surface area (Å²) in [6.07, 6.45) is 4.01. The van der Waals surface area contributed by atoms with Gasteiger partial charge in [0.2, 0.25) is 0 Å².